The predicted octanol–water partition coefficient (Wildman–Crippen LogP) is 0.801. The third-order valence-electron chi connectivity index (χ3n) is 1.48. The van der Waals surface area contributed by atoms with Crippen LogP contribution in [0.1, 0.15) is 18.0 Å². The minimum atomic E-state index is -0.473. The van der Waals surface area contributed by atoms with Crippen molar-refractivity contribution in [3.8, 4) is 0 Å². The lowest BCUT2D eigenvalue weighted by molar-refractivity contribution is 0.275. The van der Waals surface area contributed by atoms with E-state index < -0.39 is 11.9 Å². The quantitative estimate of drug-likeness (QED) is 0.685. The molecule has 1 aromatic rings. The van der Waals surface area contributed by atoms with E-state index in [1.807, 2.05) is 0 Å². The summed E-state index contributed by atoms with van der Waals surface area (Å²) in [6.07, 6.45) is 2.60. The Morgan fingerprint density at radius 3 is 2.82 bits per heavy atom. The first kappa shape index (κ1) is 8.23. The van der Waals surface area contributed by atoms with Gasteiger partial charge in [-0.05, 0) is 6.42 Å². The lowest BCUT2D eigenvalue weighted by Crippen LogP contribution is -2.12. The van der Waals surface area contributed by atoms with Crippen molar-refractivity contribution in [3.05, 3.63) is 23.9 Å². The number of hydrogen-bond donors (Lipinski definition) is 2. The van der Waals surface area contributed by atoms with Crippen LogP contribution in [0, 0.1) is 5.82 Å². The predicted molar refractivity (Wildman–Crippen MR) is 37.3 cm³/mol. The molecule has 1 aromatic heterocycles. The van der Waals surface area contributed by atoms with Gasteiger partial charge in [-0.15, -0.1) is 0 Å². The van der Waals surface area contributed by atoms with Gasteiger partial charge in [-0.1, -0.05) is 0 Å². The van der Waals surface area contributed by atoms with Crippen molar-refractivity contribution in [2.45, 2.75) is 12.5 Å². The van der Waals surface area contributed by atoms with E-state index in [0.717, 1.165) is 6.26 Å². The fourth-order valence-corrected chi connectivity index (χ4v) is 0.850. The number of rotatable bonds is 3. The van der Waals surface area contributed by atoms with Crippen LogP contribution >= 0.6 is 0 Å². The van der Waals surface area contributed by atoms with Crippen LogP contribution in [0.5, 0.6) is 0 Å². The number of aliphatic hydroxyl groups excluding tert-OH is 1. The summed E-state index contributed by atoms with van der Waals surface area (Å²) in [5, 5.41) is 8.49. The molecule has 0 amide bonds. The fourth-order valence-electron chi connectivity index (χ4n) is 0.850. The molecule has 1 atom stereocenters. The summed E-state index contributed by atoms with van der Waals surface area (Å²) in [5.41, 5.74) is 5.81. The molecule has 11 heavy (non-hydrogen) atoms. The Kier molecular flexibility index (Phi) is 2.62. The van der Waals surface area contributed by atoms with Crippen LogP contribution in [0.3, 0.4) is 0 Å². The number of hydrogen-bond acceptors (Lipinski definition) is 3. The lowest BCUT2D eigenvalue weighted by Gasteiger charge is -2.05. The van der Waals surface area contributed by atoms with Crippen molar-refractivity contribution < 1.29 is 13.9 Å². The Bertz CT molecular complexity index is 224. The normalized spacial score (nSPS) is 13.4. The van der Waals surface area contributed by atoms with E-state index >= 15 is 0 Å². The van der Waals surface area contributed by atoms with Crippen molar-refractivity contribution in [2.75, 3.05) is 6.61 Å². The minimum Gasteiger partial charge on any atom is -0.469 e. The first-order valence-corrected chi connectivity index (χ1v) is 3.33. The highest BCUT2D eigenvalue weighted by Gasteiger charge is 2.12. The van der Waals surface area contributed by atoms with Crippen LogP contribution in [-0.4, -0.2) is 11.7 Å². The average Bonchev–Trinajstić information content (AvgIpc) is 2.36. The van der Waals surface area contributed by atoms with Crippen LogP contribution < -0.4 is 5.73 Å². The lowest BCUT2D eigenvalue weighted by atomic mass is 10.1. The summed E-state index contributed by atoms with van der Waals surface area (Å²) in [6.45, 7) is -0.0498. The van der Waals surface area contributed by atoms with Crippen molar-refractivity contribution in [2.24, 2.45) is 5.73 Å². The number of aliphatic hydroxyl groups is 1. The second kappa shape index (κ2) is 3.50. The van der Waals surface area contributed by atoms with E-state index in [1.165, 1.54) is 6.26 Å². The molecule has 0 unspecified atom stereocenters. The van der Waals surface area contributed by atoms with Crippen LogP contribution in [-0.2, 0) is 0 Å². The Morgan fingerprint density at radius 2 is 2.36 bits per heavy atom. The Morgan fingerprint density at radius 1 is 1.64 bits per heavy atom. The highest BCUT2D eigenvalue weighted by Crippen LogP contribution is 2.17. The topological polar surface area (TPSA) is 59.4 Å². The van der Waals surface area contributed by atoms with Crippen LogP contribution in [0.25, 0.3) is 0 Å². The summed E-state index contributed by atoms with van der Waals surface area (Å²) in [5.74, 6) is -0.453. The van der Waals surface area contributed by atoms with Gasteiger partial charge in [0.2, 0.25) is 0 Å². The van der Waals surface area contributed by atoms with Crippen molar-refractivity contribution in [1.29, 1.82) is 0 Å². The zero-order chi connectivity index (χ0) is 8.27. The van der Waals surface area contributed by atoms with Gasteiger partial charge in [-0.3, -0.25) is 0 Å². The standard InChI is InChI=1S/C7H10FNO2/c8-6-4-11-3-5(6)7(9)1-2-10/h3-4,7,10H,1-2,9H2/t7-/m0/s1. The van der Waals surface area contributed by atoms with Gasteiger partial charge < -0.3 is 15.3 Å². The molecular formula is C7H10FNO2. The summed E-state index contributed by atoms with van der Waals surface area (Å²) in [6, 6.07) is -0.473. The summed E-state index contributed by atoms with van der Waals surface area (Å²) in [4.78, 5) is 0. The van der Waals surface area contributed by atoms with Crippen molar-refractivity contribution in [1.82, 2.24) is 0 Å². The third-order valence-corrected chi connectivity index (χ3v) is 1.48. The third kappa shape index (κ3) is 1.78. The molecule has 0 aliphatic heterocycles. The summed E-state index contributed by atoms with van der Waals surface area (Å²) < 4.78 is 17.2. The van der Waals surface area contributed by atoms with Gasteiger partial charge in [0.05, 0.1) is 6.26 Å². The summed E-state index contributed by atoms with van der Waals surface area (Å²) >= 11 is 0. The second-order valence-corrected chi connectivity index (χ2v) is 2.29. The summed E-state index contributed by atoms with van der Waals surface area (Å²) in [7, 11) is 0. The van der Waals surface area contributed by atoms with Gasteiger partial charge in [0, 0.05) is 18.2 Å². The highest BCUT2D eigenvalue weighted by atomic mass is 19.1. The first-order valence-electron chi connectivity index (χ1n) is 3.33. The molecule has 0 fully saturated rings. The molecule has 0 bridgehead atoms. The van der Waals surface area contributed by atoms with E-state index in [0.29, 0.717) is 12.0 Å². The van der Waals surface area contributed by atoms with Gasteiger partial charge >= 0.3 is 0 Å². The van der Waals surface area contributed by atoms with E-state index in [9.17, 15) is 4.39 Å². The Balaban J connectivity index is 2.67. The zero-order valence-corrected chi connectivity index (χ0v) is 5.96. The van der Waals surface area contributed by atoms with Gasteiger partial charge in [0.1, 0.15) is 6.26 Å². The fraction of sp³-hybridized carbons (Fsp3) is 0.429. The molecule has 0 radical (unpaired) electrons. The molecule has 3 nitrogen and oxygen atoms in total. The highest BCUT2D eigenvalue weighted by molar-refractivity contribution is 5.13. The number of furan rings is 1. The smallest absolute Gasteiger partial charge is 0.166 e. The maximum Gasteiger partial charge on any atom is 0.166 e. The largest absolute Gasteiger partial charge is 0.469 e. The monoisotopic (exact) mass is 159 g/mol. The second-order valence-electron chi connectivity index (χ2n) is 2.29. The van der Waals surface area contributed by atoms with Crippen LogP contribution in [0.2, 0.25) is 0 Å². The van der Waals surface area contributed by atoms with E-state index in [1.54, 1.807) is 0 Å². The average molecular weight is 159 g/mol. The zero-order valence-electron chi connectivity index (χ0n) is 5.96. The van der Waals surface area contributed by atoms with Crippen LogP contribution in [0.15, 0.2) is 16.9 Å². The Labute approximate surface area is 63.6 Å². The van der Waals surface area contributed by atoms with E-state index in [4.69, 9.17) is 10.8 Å². The molecule has 4 heteroatoms. The molecule has 0 aliphatic carbocycles. The van der Waals surface area contributed by atoms with Crippen molar-refractivity contribution >= 4 is 0 Å². The van der Waals surface area contributed by atoms with Gasteiger partial charge in [0.15, 0.2) is 5.82 Å². The van der Waals surface area contributed by atoms with Crippen LogP contribution in [0.4, 0.5) is 4.39 Å². The van der Waals surface area contributed by atoms with Gasteiger partial charge in [-0.25, -0.2) is 4.39 Å². The van der Waals surface area contributed by atoms with Gasteiger partial charge in [0.25, 0.3) is 0 Å². The van der Waals surface area contributed by atoms with E-state index in [-0.39, 0.29) is 6.61 Å². The maximum atomic E-state index is 12.7. The molecule has 62 valence electrons. The molecule has 0 aliphatic rings. The molecule has 0 aromatic carbocycles. The number of halogens is 1. The molecule has 0 spiro atoms. The molecule has 1 heterocycles. The SMILES string of the molecule is N[C@@H](CCO)c1cocc1F. The molecule has 0 saturated carbocycles. The minimum absolute atomic E-state index is 0.0498. The molecular weight excluding hydrogens is 149 g/mol. The molecule has 0 saturated heterocycles. The molecule has 1 rings (SSSR count). The molecule has 3 N–H and O–H groups in total. The maximum absolute atomic E-state index is 12.7. The van der Waals surface area contributed by atoms with Gasteiger partial charge in [-0.2, -0.15) is 0 Å². The van der Waals surface area contributed by atoms with Crippen molar-refractivity contribution in [3.63, 3.8) is 0 Å². The first-order chi connectivity index (χ1) is 5.25. The Hall–Kier alpha value is -0.870. The number of nitrogens with two attached hydrogens (primary N) is 1. The van der Waals surface area contributed by atoms with E-state index in [2.05, 4.69) is 4.42 Å².